The van der Waals surface area contributed by atoms with E-state index in [4.69, 9.17) is 0 Å². The fraction of sp³-hybridized carbons (Fsp3) is 0.158. The van der Waals surface area contributed by atoms with Gasteiger partial charge in [-0.05, 0) is 43.2 Å². The first-order chi connectivity index (χ1) is 9.77. The first kappa shape index (κ1) is 14.0. The van der Waals surface area contributed by atoms with E-state index < -0.39 is 0 Å². The Balaban J connectivity index is 2.54. The number of para-hydroxylation sites is 1. The smallest absolute Gasteiger partial charge is 0.0847 e. The fourth-order valence-electron chi connectivity index (χ4n) is 2.26. The van der Waals surface area contributed by atoms with Gasteiger partial charge in [-0.2, -0.15) is 0 Å². The lowest BCUT2D eigenvalue weighted by atomic mass is 10.1. The Morgan fingerprint density at radius 1 is 1.25 bits per heavy atom. The topological polar surface area (TPSA) is 3.24 Å². The quantitative estimate of drug-likeness (QED) is 0.705. The summed E-state index contributed by atoms with van der Waals surface area (Å²) in [7, 11) is 0. The SMILES string of the molecule is C=CC#CCN1C(/C=C\C)=C(C)C=Cc2ccccc21. The van der Waals surface area contributed by atoms with Crippen LogP contribution in [0.15, 0.2) is 66.4 Å². The van der Waals surface area contributed by atoms with Gasteiger partial charge in [-0.1, -0.05) is 54.8 Å². The third-order valence-corrected chi connectivity index (χ3v) is 3.20. The minimum absolute atomic E-state index is 0.654. The van der Waals surface area contributed by atoms with Crippen LogP contribution < -0.4 is 4.90 Å². The molecule has 0 spiro atoms. The Bertz CT molecular complexity index is 648. The van der Waals surface area contributed by atoms with Crippen LogP contribution in [0.4, 0.5) is 5.69 Å². The Labute approximate surface area is 121 Å². The minimum atomic E-state index is 0.654. The van der Waals surface area contributed by atoms with Crippen LogP contribution in [0.2, 0.25) is 0 Å². The standard InChI is InChI=1S/C19H19N/c1-4-6-9-15-20-18(10-5-2)16(3)13-14-17-11-7-8-12-19(17)20/h4-5,7-8,10-14H,1,15H2,2-3H3/b10-5-. The van der Waals surface area contributed by atoms with Crippen LogP contribution >= 0.6 is 0 Å². The van der Waals surface area contributed by atoms with E-state index >= 15 is 0 Å². The molecule has 0 N–H and O–H groups in total. The summed E-state index contributed by atoms with van der Waals surface area (Å²) >= 11 is 0. The van der Waals surface area contributed by atoms with Gasteiger partial charge in [0.15, 0.2) is 0 Å². The maximum atomic E-state index is 3.65. The Kier molecular flexibility index (Phi) is 4.63. The summed E-state index contributed by atoms with van der Waals surface area (Å²) in [5.41, 5.74) is 4.82. The van der Waals surface area contributed by atoms with Crippen molar-refractivity contribution < 1.29 is 0 Å². The van der Waals surface area contributed by atoms with E-state index in [1.165, 1.54) is 22.5 Å². The van der Waals surface area contributed by atoms with Crippen LogP contribution in [-0.4, -0.2) is 6.54 Å². The second-order valence-electron chi connectivity index (χ2n) is 4.57. The molecule has 0 radical (unpaired) electrons. The van der Waals surface area contributed by atoms with Gasteiger partial charge in [0.1, 0.15) is 0 Å². The molecule has 1 nitrogen and oxygen atoms in total. The van der Waals surface area contributed by atoms with Crippen LogP contribution in [-0.2, 0) is 0 Å². The van der Waals surface area contributed by atoms with E-state index in [2.05, 4.69) is 78.8 Å². The first-order valence-electron chi connectivity index (χ1n) is 6.75. The van der Waals surface area contributed by atoms with Gasteiger partial charge in [-0.25, -0.2) is 0 Å². The van der Waals surface area contributed by atoms with Crippen molar-refractivity contribution in [1.82, 2.24) is 0 Å². The van der Waals surface area contributed by atoms with Crippen molar-refractivity contribution in [3.8, 4) is 11.8 Å². The molecule has 100 valence electrons. The molecule has 0 atom stereocenters. The number of allylic oxidation sites excluding steroid dienone is 5. The highest BCUT2D eigenvalue weighted by molar-refractivity contribution is 5.75. The number of hydrogen-bond acceptors (Lipinski definition) is 1. The molecular formula is C19H19N. The third kappa shape index (κ3) is 2.92. The fourth-order valence-corrected chi connectivity index (χ4v) is 2.26. The lowest BCUT2D eigenvalue weighted by molar-refractivity contribution is 1.04. The molecule has 1 heterocycles. The molecule has 1 aliphatic rings. The van der Waals surface area contributed by atoms with Gasteiger partial charge in [-0.15, -0.1) is 0 Å². The van der Waals surface area contributed by atoms with E-state index in [-0.39, 0.29) is 0 Å². The highest BCUT2D eigenvalue weighted by atomic mass is 15.1. The molecule has 0 bridgehead atoms. The van der Waals surface area contributed by atoms with E-state index in [1.807, 2.05) is 6.92 Å². The van der Waals surface area contributed by atoms with Gasteiger partial charge in [0.25, 0.3) is 0 Å². The van der Waals surface area contributed by atoms with Gasteiger partial charge in [-0.3, -0.25) is 0 Å². The first-order valence-corrected chi connectivity index (χ1v) is 6.75. The van der Waals surface area contributed by atoms with Gasteiger partial charge in [0, 0.05) is 11.4 Å². The van der Waals surface area contributed by atoms with Gasteiger partial charge in [0.2, 0.25) is 0 Å². The van der Waals surface area contributed by atoms with Crippen molar-refractivity contribution >= 4 is 11.8 Å². The van der Waals surface area contributed by atoms with E-state index in [9.17, 15) is 0 Å². The molecule has 20 heavy (non-hydrogen) atoms. The molecule has 0 fully saturated rings. The zero-order valence-corrected chi connectivity index (χ0v) is 12.1. The zero-order chi connectivity index (χ0) is 14.4. The third-order valence-electron chi connectivity index (χ3n) is 3.20. The van der Waals surface area contributed by atoms with E-state index in [1.54, 1.807) is 6.08 Å². The van der Waals surface area contributed by atoms with Crippen LogP contribution in [0.3, 0.4) is 0 Å². The monoisotopic (exact) mass is 261 g/mol. The molecule has 1 aromatic carbocycles. The number of benzene rings is 1. The number of rotatable bonds is 2. The van der Waals surface area contributed by atoms with Crippen molar-refractivity contribution in [2.24, 2.45) is 0 Å². The zero-order valence-electron chi connectivity index (χ0n) is 12.1. The molecule has 1 aliphatic heterocycles. The summed E-state index contributed by atoms with van der Waals surface area (Å²) in [6.07, 6.45) is 10.2. The highest BCUT2D eigenvalue weighted by Crippen LogP contribution is 2.30. The maximum Gasteiger partial charge on any atom is 0.0847 e. The summed E-state index contributed by atoms with van der Waals surface area (Å²) in [4.78, 5) is 2.25. The van der Waals surface area contributed by atoms with Gasteiger partial charge < -0.3 is 4.90 Å². The molecule has 0 aromatic heterocycles. The number of anilines is 1. The van der Waals surface area contributed by atoms with Crippen molar-refractivity contribution in [1.29, 1.82) is 0 Å². The Morgan fingerprint density at radius 2 is 2.05 bits per heavy atom. The van der Waals surface area contributed by atoms with Crippen LogP contribution in [0.5, 0.6) is 0 Å². The lowest BCUT2D eigenvalue weighted by Gasteiger charge is -2.25. The molecule has 2 rings (SSSR count). The number of fused-ring (bicyclic) bond motifs is 1. The Morgan fingerprint density at radius 3 is 2.80 bits per heavy atom. The van der Waals surface area contributed by atoms with Crippen molar-refractivity contribution in [3.63, 3.8) is 0 Å². The summed E-state index contributed by atoms with van der Waals surface area (Å²) in [6.45, 7) is 8.47. The van der Waals surface area contributed by atoms with Crippen molar-refractivity contribution in [2.75, 3.05) is 11.4 Å². The maximum absolute atomic E-state index is 3.65. The highest BCUT2D eigenvalue weighted by Gasteiger charge is 2.15. The average molecular weight is 261 g/mol. The van der Waals surface area contributed by atoms with Gasteiger partial charge >= 0.3 is 0 Å². The van der Waals surface area contributed by atoms with Crippen LogP contribution in [0.25, 0.3) is 6.08 Å². The second kappa shape index (κ2) is 6.63. The Hall–Kier alpha value is -2.46. The second-order valence-corrected chi connectivity index (χ2v) is 4.57. The van der Waals surface area contributed by atoms with Crippen LogP contribution in [0, 0.1) is 11.8 Å². The molecular weight excluding hydrogens is 242 g/mol. The normalized spacial score (nSPS) is 13.8. The average Bonchev–Trinajstić information content (AvgIpc) is 2.60. The number of nitrogens with zero attached hydrogens (tertiary/aromatic N) is 1. The summed E-state index contributed by atoms with van der Waals surface area (Å²) < 4.78 is 0. The molecule has 0 saturated carbocycles. The summed E-state index contributed by atoms with van der Waals surface area (Å²) in [5, 5.41) is 0. The van der Waals surface area contributed by atoms with Crippen LogP contribution in [0.1, 0.15) is 19.4 Å². The predicted molar refractivity (Wildman–Crippen MR) is 88.3 cm³/mol. The minimum Gasteiger partial charge on any atom is -0.329 e. The molecule has 0 amide bonds. The summed E-state index contributed by atoms with van der Waals surface area (Å²) in [5.74, 6) is 6.07. The number of hydrogen-bond donors (Lipinski definition) is 0. The van der Waals surface area contributed by atoms with E-state index in [0.29, 0.717) is 6.54 Å². The lowest BCUT2D eigenvalue weighted by Crippen LogP contribution is -2.23. The predicted octanol–water partition coefficient (Wildman–Crippen LogP) is 4.56. The summed E-state index contributed by atoms with van der Waals surface area (Å²) in [6, 6.07) is 8.39. The van der Waals surface area contributed by atoms with Crippen molar-refractivity contribution in [3.05, 3.63) is 72.0 Å². The molecule has 1 heteroatoms. The molecule has 0 aliphatic carbocycles. The largest absolute Gasteiger partial charge is 0.329 e. The molecule has 0 saturated heterocycles. The van der Waals surface area contributed by atoms with E-state index in [0.717, 1.165) is 0 Å². The van der Waals surface area contributed by atoms with Crippen molar-refractivity contribution in [2.45, 2.75) is 13.8 Å². The molecule has 1 aromatic rings. The molecule has 0 unspecified atom stereocenters. The van der Waals surface area contributed by atoms with Gasteiger partial charge in [0.05, 0.1) is 6.54 Å².